The molecule has 0 fully saturated rings. The highest BCUT2D eigenvalue weighted by Crippen LogP contribution is 2.17. The maximum atomic E-state index is 11.5. The standard InChI is InChI=1S/C13H21NO2/c1-3-4-5-6-9-12-10-7-8-11-14(12)13(15)16-2/h6,9-10H,3-5,7-8,11H2,1-2H3/b9-6+. The van der Waals surface area contributed by atoms with Crippen molar-refractivity contribution < 1.29 is 9.53 Å². The number of carbonyl (C=O) groups excluding carboxylic acids is 1. The molecule has 0 aromatic carbocycles. The SMILES string of the molecule is CCCC/C=C/C1=CCCCN1C(=O)OC. The first-order valence-corrected chi connectivity index (χ1v) is 6.01. The number of unbranched alkanes of at least 4 members (excludes halogenated alkanes) is 2. The van der Waals surface area contributed by atoms with Gasteiger partial charge in [0.15, 0.2) is 0 Å². The second-order valence-corrected chi connectivity index (χ2v) is 3.94. The molecule has 90 valence electrons. The molecule has 1 aliphatic rings. The second-order valence-electron chi connectivity index (χ2n) is 3.94. The fourth-order valence-corrected chi connectivity index (χ4v) is 1.73. The number of carbonyl (C=O) groups is 1. The number of ether oxygens (including phenoxy) is 1. The molecule has 1 rings (SSSR count). The van der Waals surface area contributed by atoms with Crippen molar-refractivity contribution in [3.05, 3.63) is 23.9 Å². The highest BCUT2D eigenvalue weighted by Gasteiger charge is 2.18. The van der Waals surface area contributed by atoms with Crippen LogP contribution in [0.1, 0.15) is 39.0 Å². The minimum Gasteiger partial charge on any atom is -0.452 e. The van der Waals surface area contributed by atoms with Gasteiger partial charge in [0, 0.05) is 12.2 Å². The van der Waals surface area contributed by atoms with Gasteiger partial charge >= 0.3 is 6.09 Å². The van der Waals surface area contributed by atoms with E-state index in [1.807, 2.05) is 6.08 Å². The third-order valence-corrected chi connectivity index (χ3v) is 2.66. The molecule has 0 aromatic heterocycles. The van der Waals surface area contributed by atoms with Gasteiger partial charge in [0.05, 0.1) is 7.11 Å². The Hall–Kier alpha value is -1.25. The molecule has 1 amide bonds. The van der Waals surface area contributed by atoms with Crippen LogP contribution in [-0.2, 0) is 4.74 Å². The van der Waals surface area contributed by atoms with Crippen LogP contribution in [0.3, 0.4) is 0 Å². The van der Waals surface area contributed by atoms with Crippen LogP contribution in [0, 0.1) is 0 Å². The monoisotopic (exact) mass is 223 g/mol. The predicted octanol–water partition coefficient (Wildman–Crippen LogP) is 3.48. The molecule has 0 unspecified atom stereocenters. The van der Waals surface area contributed by atoms with Crippen molar-refractivity contribution in [2.75, 3.05) is 13.7 Å². The number of rotatable bonds is 4. The first-order valence-electron chi connectivity index (χ1n) is 6.01. The minimum atomic E-state index is -0.258. The molecular formula is C13H21NO2. The van der Waals surface area contributed by atoms with E-state index in [1.165, 1.54) is 20.0 Å². The summed E-state index contributed by atoms with van der Waals surface area (Å²) in [6.45, 7) is 2.94. The fraction of sp³-hybridized carbons (Fsp3) is 0.615. The molecule has 1 aliphatic heterocycles. The maximum absolute atomic E-state index is 11.5. The van der Waals surface area contributed by atoms with Gasteiger partial charge in [0.25, 0.3) is 0 Å². The largest absolute Gasteiger partial charge is 0.452 e. The van der Waals surface area contributed by atoms with E-state index < -0.39 is 0 Å². The molecule has 0 atom stereocenters. The van der Waals surface area contributed by atoms with Gasteiger partial charge in [0.2, 0.25) is 0 Å². The Kier molecular flexibility index (Phi) is 5.68. The summed E-state index contributed by atoms with van der Waals surface area (Å²) in [5.41, 5.74) is 0.981. The molecule has 0 N–H and O–H groups in total. The van der Waals surface area contributed by atoms with Crippen LogP contribution in [0.2, 0.25) is 0 Å². The molecule has 3 nitrogen and oxygen atoms in total. The van der Waals surface area contributed by atoms with E-state index in [0.717, 1.165) is 31.5 Å². The third-order valence-electron chi connectivity index (χ3n) is 2.66. The number of allylic oxidation sites excluding steroid dienone is 3. The van der Waals surface area contributed by atoms with Crippen LogP contribution in [0.25, 0.3) is 0 Å². The average Bonchev–Trinajstić information content (AvgIpc) is 2.34. The maximum Gasteiger partial charge on any atom is 0.413 e. The van der Waals surface area contributed by atoms with E-state index in [-0.39, 0.29) is 6.09 Å². The molecule has 0 aliphatic carbocycles. The Morgan fingerprint density at radius 2 is 2.44 bits per heavy atom. The number of amides is 1. The number of hydrogen-bond donors (Lipinski definition) is 0. The van der Waals surface area contributed by atoms with Gasteiger partial charge in [0.1, 0.15) is 0 Å². The Morgan fingerprint density at radius 1 is 1.62 bits per heavy atom. The summed E-state index contributed by atoms with van der Waals surface area (Å²) in [6, 6.07) is 0. The zero-order valence-electron chi connectivity index (χ0n) is 10.2. The fourth-order valence-electron chi connectivity index (χ4n) is 1.73. The van der Waals surface area contributed by atoms with Crippen molar-refractivity contribution in [1.82, 2.24) is 4.90 Å². The molecule has 16 heavy (non-hydrogen) atoms. The van der Waals surface area contributed by atoms with Crippen molar-refractivity contribution in [2.45, 2.75) is 39.0 Å². The Labute approximate surface area is 97.8 Å². The number of hydrogen-bond acceptors (Lipinski definition) is 2. The summed E-state index contributed by atoms with van der Waals surface area (Å²) in [4.78, 5) is 13.2. The lowest BCUT2D eigenvalue weighted by Gasteiger charge is -2.25. The lowest BCUT2D eigenvalue weighted by atomic mass is 10.1. The van der Waals surface area contributed by atoms with E-state index in [9.17, 15) is 4.79 Å². The van der Waals surface area contributed by atoms with Crippen LogP contribution in [0.4, 0.5) is 4.79 Å². The van der Waals surface area contributed by atoms with Crippen LogP contribution in [-0.4, -0.2) is 24.6 Å². The quantitative estimate of drug-likeness (QED) is 0.683. The zero-order valence-corrected chi connectivity index (χ0v) is 10.2. The van der Waals surface area contributed by atoms with Crippen LogP contribution in [0.15, 0.2) is 23.9 Å². The summed E-state index contributed by atoms with van der Waals surface area (Å²) >= 11 is 0. The van der Waals surface area contributed by atoms with Crippen molar-refractivity contribution in [2.24, 2.45) is 0 Å². The molecule has 1 heterocycles. The summed E-state index contributed by atoms with van der Waals surface area (Å²) in [7, 11) is 1.43. The lowest BCUT2D eigenvalue weighted by Crippen LogP contribution is -2.32. The Morgan fingerprint density at radius 3 is 3.12 bits per heavy atom. The zero-order chi connectivity index (χ0) is 11.8. The first-order chi connectivity index (χ1) is 7.79. The number of methoxy groups -OCH3 is 1. The molecule has 0 saturated heterocycles. The smallest absolute Gasteiger partial charge is 0.413 e. The summed E-state index contributed by atoms with van der Waals surface area (Å²) in [5, 5.41) is 0. The van der Waals surface area contributed by atoms with Crippen LogP contribution >= 0.6 is 0 Å². The first kappa shape index (κ1) is 12.8. The molecule has 0 spiro atoms. The van der Waals surface area contributed by atoms with Gasteiger partial charge in [-0.15, -0.1) is 0 Å². The third kappa shape index (κ3) is 3.72. The highest BCUT2D eigenvalue weighted by atomic mass is 16.5. The summed E-state index contributed by atoms with van der Waals surface area (Å²) in [6.07, 6.45) is 11.5. The minimum absolute atomic E-state index is 0.258. The lowest BCUT2D eigenvalue weighted by molar-refractivity contribution is 0.135. The molecule has 0 aromatic rings. The normalized spacial score (nSPS) is 16.4. The summed E-state index contributed by atoms with van der Waals surface area (Å²) in [5.74, 6) is 0. The molecule has 0 radical (unpaired) electrons. The topological polar surface area (TPSA) is 29.5 Å². The van der Waals surface area contributed by atoms with Crippen molar-refractivity contribution in [3.8, 4) is 0 Å². The van der Waals surface area contributed by atoms with Gasteiger partial charge < -0.3 is 4.74 Å². The molecular weight excluding hydrogens is 202 g/mol. The predicted molar refractivity (Wildman–Crippen MR) is 65.1 cm³/mol. The highest BCUT2D eigenvalue weighted by molar-refractivity contribution is 5.70. The van der Waals surface area contributed by atoms with Crippen LogP contribution < -0.4 is 0 Å². The van der Waals surface area contributed by atoms with E-state index in [1.54, 1.807) is 4.90 Å². The second kappa shape index (κ2) is 7.09. The van der Waals surface area contributed by atoms with Gasteiger partial charge in [-0.1, -0.05) is 31.9 Å². The average molecular weight is 223 g/mol. The van der Waals surface area contributed by atoms with E-state index in [2.05, 4.69) is 19.1 Å². The van der Waals surface area contributed by atoms with Crippen molar-refractivity contribution in [3.63, 3.8) is 0 Å². The van der Waals surface area contributed by atoms with Gasteiger partial charge in [-0.25, -0.2) is 4.79 Å². The van der Waals surface area contributed by atoms with Gasteiger partial charge in [-0.2, -0.15) is 0 Å². The van der Waals surface area contributed by atoms with Gasteiger partial charge in [-0.3, -0.25) is 4.90 Å². The van der Waals surface area contributed by atoms with Crippen molar-refractivity contribution in [1.29, 1.82) is 0 Å². The van der Waals surface area contributed by atoms with E-state index in [0.29, 0.717) is 0 Å². The molecule has 0 bridgehead atoms. The summed E-state index contributed by atoms with van der Waals surface area (Å²) < 4.78 is 4.76. The molecule has 3 heteroatoms. The van der Waals surface area contributed by atoms with Crippen LogP contribution in [0.5, 0.6) is 0 Å². The van der Waals surface area contributed by atoms with E-state index in [4.69, 9.17) is 4.74 Å². The number of nitrogens with zero attached hydrogens (tertiary/aromatic N) is 1. The molecule has 0 saturated carbocycles. The van der Waals surface area contributed by atoms with Crippen molar-refractivity contribution >= 4 is 6.09 Å². The van der Waals surface area contributed by atoms with Gasteiger partial charge in [-0.05, 0) is 25.3 Å². The Balaban J connectivity index is 2.56. The van der Waals surface area contributed by atoms with E-state index >= 15 is 0 Å². The Bertz CT molecular complexity index is 282.